The van der Waals surface area contributed by atoms with Crippen molar-refractivity contribution >= 4 is 5.84 Å². The molecule has 0 radical (unpaired) electrons. The minimum atomic E-state index is 0.716. The second-order valence-corrected chi connectivity index (χ2v) is 4.76. The number of hydrogen-bond acceptors (Lipinski definition) is 1. The van der Waals surface area contributed by atoms with Crippen molar-refractivity contribution in [3.8, 4) is 0 Å². The van der Waals surface area contributed by atoms with Crippen molar-refractivity contribution in [1.82, 2.24) is 4.90 Å². The maximum atomic E-state index is 8.00. The predicted molar refractivity (Wildman–Crippen MR) is 59.7 cm³/mol. The maximum Gasteiger partial charge on any atom is 0.0960 e. The molecule has 1 N–H and O–H groups in total. The van der Waals surface area contributed by atoms with Crippen molar-refractivity contribution in [2.24, 2.45) is 5.92 Å². The Bertz CT molecular complexity index is 212. The highest BCUT2D eigenvalue weighted by Gasteiger charge is 2.32. The molecule has 1 aliphatic carbocycles. The number of amidine groups is 1. The second kappa shape index (κ2) is 4.33. The predicted octanol–water partition coefficient (Wildman–Crippen LogP) is 3.03. The molecular formula is C12H22N2. The zero-order valence-electron chi connectivity index (χ0n) is 9.26. The molecule has 2 nitrogen and oxygen atoms in total. The summed E-state index contributed by atoms with van der Waals surface area (Å²) < 4.78 is 0. The molecule has 0 amide bonds. The van der Waals surface area contributed by atoms with Crippen LogP contribution in [0.3, 0.4) is 0 Å². The van der Waals surface area contributed by atoms with Crippen LogP contribution in [0.15, 0.2) is 0 Å². The van der Waals surface area contributed by atoms with Gasteiger partial charge in [-0.1, -0.05) is 19.8 Å². The van der Waals surface area contributed by atoms with Crippen LogP contribution in [0.25, 0.3) is 0 Å². The number of piperidine rings is 1. The largest absolute Gasteiger partial charge is 0.357 e. The first-order valence-corrected chi connectivity index (χ1v) is 6.17. The average Bonchev–Trinajstić information content (AvgIpc) is 2.66. The van der Waals surface area contributed by atoms with Gasteiger partial charge in [-0.2, -0.15) is 0 Å². The van der Waals surface area contributed by atoms with E-state index in [9.17, 15) is 0 Å². The summed E-state index contributed by atoms with van der Waals surface area (Å²) in [5.41, 5.74) is 0. The summed E-state index contributed by atoms with van der Waals surface area (Å²) in [6, 6.07) is 0.716. The van der Waals surface area contributed by atoms with Gasteiger partial charge in [0, 0.05) is 19.0 Å². The molecule has 0 aromatic heterocycles. The lowest BCUT2D eigenvalue weighted by atomic mass is 9.96. The van der Waals surface area contributed by atoms with E-state index in [4.69, 9.17) is 5.41 Å². The number of rotatable bonds is 2. The van der Waals surface area contributed by atoms with Gasteiger partial charge < -0.3 is 4.90 Å². The fraction of sp³-hybridized carbons (Fsp3) is 0.917. The molecular weight excluding hydrogens is 172 g/mol. The first-order chi connectivity index (χ1) is 6.83. The van der Waals surface area contributed by atoms with E-state index < -0.39 is 0 Å². The molecule has 14 heavy (non-hydrogen) atoms. The lowest BCUT2D eigenvalue weighted by molar-refractivity contribution is 0.227. The molecule has 1 saturated heterocycles. The van der Waals surface area contributed by atoms with E-state index >= 15 is 0 Å². The van der Waals surface area contributed by atoms with E-state index in [2.05, 4.69) is 11.8 Å². The van der Waals surface area contributed by atoms with Gasteiger partial charge in [0.1, 0.15) is 0 Å². The van der Waals surface area contributed by atoms with Gasteiger partial charge in [-0.05, 0) is 31.6 Å². The molecule has 2 aliphatic rings. The van der Waals surface area contributed by atoms with Gasteiger partial charge in [0.2, 0.25) is 0 Å². The van der Waals surface area contributed by atoms with Gasteiger partial charge in [-0.3, -0.25) is 5.41 Å². The lowest BCUT2D eigenvalue weighted by Gasteiger charge is -2.37. The highest BCUT2D eigenvalue weighted by atomic mass is 15.2. The van der Waals surface area contributed by atoms with Crippen LogP contribution >= 0.6 is 0 Å². The molecule has 0 aromatic rings. The molecule has 1 heterocycles. The monoisotopic (exact) mass is 194 g/mol. The zero-order valence-corrected chi connectivity index (χ0v) is 9.26. The Morgan fingerprint density at radius 2 is 2.14 bits per heavy atom. The van der Waals surface area contributed by atoms with E-state index in [0.29, 0.717) is 6.04 Å². The van der Waals surface area contributed by atoms with E-state index in [1.165, 1.54) is 38.5 Å². The van der Waals surface area contributed by atoms with Gasteiger partial charge >= 0.3 is 0 Å². The number of likely N-dealkylation sites (tertiary alicyclic amines) is 1. The fourth-order valence-corrected chi connectivity index (χ4v) is 3.12. The van der Waals surface area contributed by atoms with E-state index in [1.807, 2.05) is 0 Å². The van der Waals surface area contributed by atoms with Gasteiger partial charge in [-0.15, -0.1) is 0 Å². The Kier molecular flexibility index (Phi) is 3.09. The van der Waals surface area contributed by atoms with Crippen molar-refractivity contribution in [3.63, 3.8) is 0 Å². The normalized spacial score (nSPS) is 33.8. The molecule has 2 heteroatoms. The third-order valence-electron chi connectivity index (χ3n) is 3.95. The number of nitrogens with zero attached hydrogens (tertiary/aromatic N) is 1. The molecule has 0 bridgehead atoms. The first kappa shape index (κ1) is 10.0. The van der Waals surface area contributed by atoms with Crippen LogP contribution < -0.4 is 0 Å². The van der Waals surface area contributed by atoms with Crippen molar-refractivity contribution in [2.45, 2.75) is 57.9 Å². The molecule has 1 aliphatic heterocycles. The quantitative estimate of drug-likeness (QED) is 0.718. The van der Waals surface area contributed by atoms with E-state index in [1.54, 1.807) is 0 Å². The standard InChI is InChI=1S/C12H22N2/c1-2-10-6-5-7-11(10)14-9-4-3-8-12(14)13/h10-11,13H,2-9H2,1H3. The minimum absolute atomic E-state index is 0.716. The van der Waals surface area contributed by atoms with Crippen LogP contribution in [-0.2, 0) is 0 Å². The Morgan fingerprint density at radius 1 is 1.29 bits per heavy atom. The summed E-state index contributed by atoms with van der Waals surface area (Å²) in [7, 11) is 0. The molecule has 0 spiro atoms. The third kappa shape index (κ3) is 1.79. The van der Waals surface area contributed by atoms with Crippen molar-refractivity contribution in [2.75, 3.05) is 6.54 Å². The molecule has 0 aromatic carbocycles. The third-order valence-corrected chi connectivity index (χ3v) is 3.95. The van der Waals surface area contributed by atoms with Crippen LogP contribution in [0.4, 0.5) is 0 Å². The molecule has 2 fully saturated rings. The Labute approximate surface area is 87.2 Å². The zero-order chi connectivity index (χ0) is 9.97. The van der Waals surface area contributed by atoms with Crippen molar-refractivity contribution < 1.29 is 0 Å². The molecule has 2 atom stereocenters. The molecule has 2 rings (SSSR count). The molecule has 2 unspecified atom stereocenters. The van der Waals surface area contributed by atoms with Crippen LogP contribution in [-0.4, -0.2) is 23.3 Å². The van der Waals surface area contributed by atoms with Crippen molar-refractivity contribution in [3.05, 3.63) is 0 Å². The van der Waals surface area contributed by atoms with Crippen LogP contribution in [0.5, 0.6) is 0 Å². The number of nitrogens with one attached hydrogen (secondary N) is 1. The van der Waals surface area contributed by atoms with Gasteiger partial charge in [-0.25, -0.2) is 0 Å². The maximum absolute atomic E-state index is 8.00. The summed E-state index contributed by atoms with van der Waals surface area (Å²) >= 11 is 0. The highest BCUT2D eigenvalue weighted by molar-refractivity contribution is 5.80. The lowest BCUT2D eigenvalue weighted by Crippen LogP contribution is -2.44. The summed E-state index contributed by atoms with van der Waals surface area (Å²) in [4.78, 5) is 2.41. The van der Waals surface area contributed by atoms with E-state index in [0.717, 1.165) is 24.7 Å². The van der Waals surface area contributed by atoms with Crippen molar-refractivity contribution in [1.29, 1.82) is 5.41 Å². The van der Waals surface area contributed by atoms with Crippen LogP contribution in [0.1, 0.15) is 51.9 Å². The SMILES string of the molecule is CCC1CCCC1N1CCCCC1=N. The minimum Gasteiger partial charge on any atom is -0.357 e. The van der Waals surface area contributed by atoms with Crippen LogP contribution in [0.2, 0.25) is 0 Å². The van der Waals surface area contributed by atoms with E-state index in [-0.39, 0.29) is 0 Å². The summed E-state index contributed by atoms with van der Waals surface area (Å²) in [6.45, 7) is 3.45. The highest BCUT2D eigenvalue weighted by Crippen LogP contribution is 2.33. The Morgan fingerprint density at radius 3 is 2.86 bits per heavy atom. The van der Waals surface area contributed by atoms with Gasteiger partial charge in [0.15, 0.2) is 0 Å². The molecule has 80 valence electrons. The first-order valence-electron chi connectivity index (χ1n) is 6.17. The Balaban J connectivity index is 2.01. The van der Waals surface area contributed by atoms with Crippen LogP contribution in [0, 0.1) is 11.3 Å². The van der Waals surface area contributed by atoms with Gasteiger partial charge in [0.05, 0.1) is 5.84 Å². The smallest absolute Gasteiger partial charge is 0.0960 e. The topological polar surface area (TPSA) is 27.1 Å². The average molecular weight is 194 g/mol. The number of hydrogen-bond donors (Lipinski definition) is 1. The Hall–Kier alpha value is -0.530. The summed E-state index contributed by atoms with van der Waals surface area (Å²) in [6.07, 6.45) is 8.97. The summed E-state index contributed by atoms with van der Waals surface area (Å²) in [5, 5.41) is 8.00. The molecule has 1 saturated carbocycles. The second-order valence-electron chi connectivity index (χ2n) is 4.76. The fourth-order valence-electron chi connectivity index (χ4n) is 3.12. The summed E-state index contributed by atoms with van der Waals surface area (Å²) in [5.74, 6) is 1.79. The van der Waals surface area contributed by atoms with Gasteiger partial charge in [0.25, 0.3) is 0 Å².